The van der Waals surface area contributed by atoms with Gasteiger partial charge in [0.2, 0.25) is 0 Å². The zero-order valence-corrected chi connectivity index (χ0v) is 16.7. The lowest BCUT2D eigenvalue weighted by molar-refractivity contribution is 0.0697. The first-order chi connectivity index (χ1) is 14.3. The first-order valence-corrected chi connectivity index (χ1v) is 10.9. The fraction of sp³-hybridized carbons (Fsp3) is 0.0435. The lowest BCUT2D eigenvalue weighted by Crippen LogP contribution is -1.97. The molecular weight excluding hydrogens is 400 g/mol. The Morgan fingerprint density at radius 2 is 1.60 bits per heavy atom. The molecule has 0 spiro atoms. The van der Waals surface area contributed by atoms with E-state index in [2.05, 4.69) is 6.07 Å². The summed E-state index contributed by atoms with van der Waals surface area (Å²) in [7, 11) is -3.27. The molecule has 0 aliphatic heterocycles. The van der Waals surface area contributed by atoms with Gasteiger partial charge in [0.1, 0.15) is 6.07 Å². The Hall–Kier alpha value is -3.89. The van der Waals surface area contributed by atoms with Crippen molar-refractivity contribution in [3.8, 4) is 22.9 Å². The highest BCUT2D eigenvalue weighted by atomic mass is 32.2. The van der Waals surface area contributed by atoms with Crippen molar-refractivity contribution in [2.24, 2.45) is 0 Å². The number of aromatic nitrogens is 1. The number of benzene rings is 3. The average molecular weight is 416 g/mol. The molecule has 1 N–H and O–H groups in total. The summed E-state index contributed by atoms with van der Waals surface area (Å²) in [6, 6.07) is 20.9. The number of rotatable bonds is 4. The number of hydrogen-bond acceptors (Lipinski definition) is 4. The Kier molecular flexibility index (Phi) is 4.65. The number of carbonyl (C=O) groups is 1. The number of hydrogen-bond donors (Lipinski definition) is 1. The van der Waals surface area contributed by atoms with Gasteiger partial charge in [-0.15, -0.1) is 0 Å². The van der Waals surface area contributed by atoms with E-state index in [1.807, 2.05) is 22.8 Å². The summed E-state index contributed by atoms with van der Waals surface area (Å²) < 4.78 is 25.2. The van der Waals surface area contributed by atoms with Gasteiger partial charge in [-0.25, -0.2) is 13.2 Å². The summed E-state index contributed by atoms with van der Waals surface area (Å²) in [6.07, 6.45) is 2.88. The van der Waals surface area contributed by atoms with E-state index in [0.717, 1.165) is 27.7 Å². The Labute approximate surface area is 173 Å². The van der Waals surface area contributed by atoms with Gasteiger partial charge in [-0.1, -0.05) is 18.2 Å². The lowest BCUT2D eigenvalue weighted by Gasteiger charge is -2.08. The number of nitrogens with zero attached hydrogens (tertiary/aromatic N) is 2. The SMILES string of the molecule is CS(=O)(=O)c1ccc(-c2ccc3c(c2)c(C#N)cn3-c2ccc(C(=O)O)cc2)cc1. The summed E-state index contributed by atoms with van der Waals surface area (Å²) >= 11 is 0. The van der Waals surface area contributed by atoms with Crippen LogP contribution in [0, 0.1) is 11.3 Å². The maximum absolute atomic E-state index is 11.7. The molecule has 0 saturated carbocycles. The lowest BCUT2D eigenvalue weighted by atomic mass is 10.0. The Balaban J connectivity index is 1.80. The van der Waals surface area contributed by atoms with Crippen LogP contribution in [0.15, 0.2) is 77.8 Å². The third kappa shape index (κ3) is 3.45. The van der Waals surface area contributed by atoms with Gasteiger partial charge < -0.3 is 9.67 Å². The van der Waals surface area contributed by atoms with E-state index in [1.54, 1.807) is 42.6 Å². The molecule has 0 aliphatic carbocycles. The van der Waals surface area contributed by atoms with Crippen molar-refractivity contribution in [2.45, 2.75) is 4.90 Å². The van der Waals surface area contributed by atoms with Crippen LogP contribution < -0.4 is 0 Å². The molecule has 30 heavy (non-hydrogen) atoms. The number of carboxylic acid groups (broad SMARTS) is 1. The van der Waals surface area contributed by atoms with Crippen LogP contribution in [0.4, 0.5) is 0 Å². The molecule has 6 nitrogen and oxygen atoms in total. The minimum Gasteiger partial charge on any atom is -0.478 e. The maximum Gasteiger partial charge on any atom is 0.335 e. The van der Waals surface area contributed by atoms with Crippen molar-refractivity contribution in [1.29, 1.82) is 5.26 Å². The van der Waals surface area contributed by atoms with Crippen LogP contribution in [-0.2, 0) is 9.84 Å². The van der Waals surface area contributed by atoms with Gasteiger partial charge in [-0.3, -0.25) is 0 Å². The Morgan fingerprint density at radius 1 is 0.967 bits per heavy atom. The molecule has 148 valence electrons. The van der Waals surface area contributed by atoms with Crippen LogP contribution in [-0.4, -0.2) is 30.3 Å². The van der Waals surface area contributed by atoms with Crippen LogP contribution >= 0.6 is 0 Å². The highest BCUT2D eigenvalue weighted by molar-refractivity contribution is 7.90. The van der Waals surface area contributed by atoms with Crippen molar-refractivity contribution in [1.82, 2.24) is 4.57 Å². The maximum atomic E-state index is 11.7. The van der Waals surface area contributed by atoms with Gasteiger partial charge in [-0.05, 0) is 59.7 Å². The smallest absolute Gasteiger partial charge is 0.335 e. The summed E-state index contributed by atoms with van der Waals surface area (Å²) in [6.45, 7) is 0. The van der Waals surface area contributed by atoms with Gasteiger partial charge in [0.05, 0.1) is 21.5 Å². The van der Waals surface area contributed by atoms with Crippen molar-refractivity contribution < 1.29 is 18.3 Å². The first-order valence-electron chi connectivity index (χ1n) is 8.97. The molecule has 0 bridgehead atoms. The molecule has 0 amide bonds. The first kappa shape index (κ1) is 19.4. The summed E-state index contributed by atoms with van der Waals surface area (Å²) in [5.41, 5.74) is 3.94. The zero-order chi connectivity index (χ0) is 21.5. The van der Waals surface area contributed by atoms with Crippen molar-refractivity contribution in [2.75, 3.05) is 6.26 Å². The molecule has 0 saturated heterocycles. The standard InChI is InChI=1S/C23H16N2O4S/c1-30(28,29)20-9-4-15(5-10-20)17-6-11-22-21(12-17)18(13-24)14-25(22)19-7-2-16(3-8-19)23(26)27/h2-12,14H,1H3,(H,26,27). The van der Waals surface area contributed by atoms with Crippen LogP contribution in [0.3, 0.4) is 0 Å². The van der Waals surface area contributed by atoms with E-state index in [9.17, 15) is 18.5 Å². The predicted octanol–water partition coefficient (Wildman–Crippen LogP) is 4.27. The molecule has 4 aromatic rings. The van der Waals surface area contributed by atoms with Crippen LogP contribution in [0.5, 0.6) is 0 Å². The molecule has 0 radical (unpaired) electrons. The molecule has 0 aliphatic rings. The summed E-state index contributed by atoms with van der Waals surface area (Å²) in [5.74, 6) is -0.997. The molecule has 0 atom stereocenters. The van der Waals surface area contributed by atoms with E-state index in [-0.39, 0.29) is 10.5 Å². The van der Waals surface area contributed by atoms with Gasteiger partial charge >= 0.3 is 5.97 Å². The van der Waals surface area contributed by atoms with Crippen LogP contribution in [0.1, 0.15) is 15.9 Å². The molecular formula is C23H16N2O4S. The third-order valence-corrected chi connectivity index (χ3v) is 6.06. The second kappa shape index (κ2) is 7.17. The van der Waals surface area contributed by atoms with Crippen molar-refractivity contribution in [3.63, 3.8) is 0 Å². The molecule has 0 unspecified atom stereocenters. The molecule has 7 heteroatoms. The van der Waals surface area contributed by atoms with E-state index in [1.165, 1.54) is 18.4 Å². The molecule has 3 aromatic carbocycles. The zero-order valence-electron chi connectivity index (χ0n) is 15.9. The minimum atomic E-state index is -3.27. The number of aromatic carboxylic acids is 1. The number of carboxylic acids is 1. The van der Waals surface area contributed by atoms with Gasteiger partial charge in [-0.2, -0.15) is 5.26 Å². The second-order valence-electron chi connectivity index (χ2n) is 6.91. The number of nitriles is 1. The molecule has 1 heterocycles. The topological polar surface area (TPSA) is 100 Å². The van der Waals surface area contributed by atoms with Crippen molar-refractivity contribution >= 4 is 26.7 Å². The quantitative estimate of drug-likeness (QED) is 0.535. The fourth-order valence-electron chi connectivity index (χ4n) is 3.37. The fourth-order valence-corrected chi connectivity index (χ4v) is 4.00. The van der Waals surface area contributed by atoms with E-state index in [0.29, 0.717) is 5.56 Å². The van der Waals surface area contributed by atoms with Crippen LogP contribution in [0.2, 0.25) is 0 Å². The molecule has 4 rings (SSSR count). The normalized spacial score (nSPS) is 11.3. The predicted molar refractivity (Wildman–Crippen MR) is 113 cm³/mol. The second-order valence-corrected chi connectivity index (χ2v) is 8.92. The number of fused-ring (bicyclic) bond motifs is 1. The molecule has 1 aromatic heterocycles. The van der Waals surface area contributed by atoms with Gasteiger partial charge in [0, 0.05) is 23.5 Å². The third-order valence-electron chi connectivity index (χ3n) is 4.93. The van der Waals surface area contributed by atoms with E-state index >= 15 is 0 Å². The molecule has 0 fully saturated rings. The summed E-state index contributed by atoms with van der Waals surface area (Å²) in [4.78, 5) is 11.3. The average Bonchev–Trinajstić information content (AvgIpc) is 3.11. The van der Waals surface area contributed by atoms with E-state index < -0.39 is 15.8 Å². The van der Waals surface area contributed by atoms with Gasteiger partial charge in [0.25, 0.3) is 0 Å². The van der Waals surface area contributed by atoms with Crippen molar-refractivity contribution in [3.05, 3.63) is 84.1 Å². The Morgan fingerprint density at radius 3 is 2.17 bits per heavy atom. The van der Waals surface area contributed by atoms with Gasteiger partial charge in [0.15, 0.2) is 9.84 Å². The minimum absolute atomic E-state index is 0.190. The highest BCUT2D eigenvalue weighted by Crippen LogP contribution is 2.30. The number of sulfone groups is 1. The largest absolute Gasteiger partial charge is 0.478 e. The van der Waals surface area contributed by atoms with Crippen LogP contribution in [0.25, 0.3) is 27.7 Å². The van der Waals surface area contributed by atoms with E-state index in [4.69, 9.17) is 5.11 Å². The monoisotopic (exact) mass is 416 g/mol. The summed E-state index contributed by atoms with van der Waals surface area (Å²) in [5, 5.41) is 19.4. The highest BCUT2D eigenvalue weighted by Gasteiger charge is 2.13. The Bertz CT molecular complexity index is 1430.